The van der Waals surface area contributed by atoms with Crippen LogP contribution in [-0.2, 0) is 6.54 Å². The highest BCUT2D eigenvalue weighted by Gasteiger charge is 2.10. The summed E-state index contributed by atoms with van der Waals surface area (Å²) in [6, 6.07) is 3.92. The van der Waals surface area contributed by atoms with Crippen LogP contribution in [0.1, 0.15) is 19.4 Å². The summed E-state index contributed by atoms with van der Waals surface area (Å²) in [6.07, 6.45) is 0. The number of rotatable bonds is 6. The normalized spacial score (nSPS) is 9.85. The highest BCUT2D eigenvalue weighted by Crippen LogP contribution is 2.36. The quantitative estimate of drug-likeness (QED) is 0.615. The highest BCUT2D eigenvalue weighted by atomic mass is 79.9. The number of benzene rings is 1. The molecule has 0 aliphatic carbocycles. The van der Waals surface area contributed by atoms with Crippen molar-refractivity contribution in [2.45, 2.75) is 20.4 Å². The lowest BCUT2D eigenvalue weighted by Crippen LogP contribution is -2.36. The molecule has 0 spiro atoms. The van der Waals surface area contributed by atoms with E-state index in [1.807, 2.05) is 26.0 Å². The smallest absolute Gasteiger partial charge is 0.191 e. The number of aliphatic imine (C=N–C) groups is 1. The SMILES string of the molecule is CCNC(=NCc1cc(Br)c(OC)c(OC)c1)NCC. The van der Waals surface area contributed by atoms with Crippen LogP contribution in [0, 0.1) is 0 Å². The Morgan fingerprint density at radius 3 is 2.30 bits per heavy atom. The predicted molar refractivity (Wildman–Crippen MR) is 85.7 cm³/mol. The van der Waals surface area contributed by atoms with Crippen molar-refractivity contribution in [2.24, 2.45) is 4.99 Å². The van der Waals surface area contributed by atoms with E-state index in [0.29, 0.717) is 18.0 Å². The van der Waals surface area contributed by atoms with Crippen molar-refractivity contribution < 1.29 is 9.47 Å². The van der Waals surface area contributed by atoms with Crippen molar-refractivity contribution in [1.29, 1.82) is 0 Å². The zero-order chi connectivity index (χ0) is 15.0. The van der Waals surface area contributed by atoms with E-state index in [4.69, 9.17) is 9.47 Å². The number of hydrogen-bond donors (Lipinski definition) is 2. The standard InChI is InChI=1S/C14H22BrN3O2/c1-5-16-14(17-6-2)18-9-10-7-11(15)13(20-4)12(8-10)19-3/h7-8H,5-6,9H2,1-4H3,(H2,16,17,18). The summed E-state index contributed by atoms with van der Waals surface area (Å²) in [5, 5.41) is 6.38. The monoisotopic (exact) mass is 343 g/mol. The maximum atomic E-state index is 5.32. The first-order valence-electron chi connectivity index (χ1n) is 6.58. The zero-order valence-corrected chi connectivity index (χ0v) is 14.0. The molecule has 1 aromatic rings. The molecule has 112 valence electrons. The number of halogens is 1. The number of guanidine groups is 1. The predicted octanol–water partition coefficient (Wildman–Crippen LogP) is 2.54. The molecular weight excluding hydrogens is 322 g/mol. The van der Waals surface area contributed by atoms with Crippen molar-refractivity contribution in [1.82, 2.24) is 10.6 Å². The van der Waals surface area contributed by atoms with Crippen LogP contribution in [0.15, 0.2) is 21.6 Å². The number of hydrogen-bond acceptors (Lipinski definition) is 3. The van der Waals surface area contributed by atoms with E-state index in [1.54, 1.807) is 14.2 Å². The van der Waals surface area contributed by atoms with Gasteiger partial charge in [-0.2, -0.15) is 0 Å². The van der Waals surface area contributed by atoms with E-state index in [0.717, 1.165) is 29.1 Å². The Hall–Kier alpha value is -1.43. The van der Waals surface area contributed by atoms with Gasteiger partial charge in [0.15, 0.2) is 17.5 Å². The van der Waals surface area contributed by atoms with Gasteiger partial charge >= 0.3 is 0 Å². The summed E-state index contributed by atoms with van der Waals surface area (Å²) in [4.78, 5) is 4.52. The van der Waals surface area contributed by atoms with Crippen LogP contribution in [0.3, 0.4) is 0 Å². The van der Waals surface area contributed by atoms with Crippen molar-refractivity contribution in [3.05, 3.63) is 22.2 Å². The first kappa shape index (κ1) is 16.6. The maximum Gasteiger partial charge on any atom is 0.191 e. The second kappa shape index (κ2) is 8.68. The molecule has 0 radical (unpaired) electrons. The molecule has 2 N–H and O–H groups in total. The summed E-state index contributed by atoms with van der Waals surface area (Å²) in [5.41, 5.74) is 1.04. The average Bonchev–Trinajstić information content (AvgIpc) is 2.44. The van der Waals surface area contributed by atoms with Crippen LogP contribution in [0.5, 0.6) is 11.5 Å². The maximum absolute atomic E-state index is 5.32. The molecule has 0 saturated carbocycles. The van der Waals surface area contributed by atoms with Crippen LogP contribution >= 0.6 is 15.9 Å². The van der Waals surface area contributed by atoms with E-state index in [2.05, 4.69) is 31.6 Å². The Balaban J connectivity index is 2.91. The fourth-order valence-corrected chi connectivity index (χ4v) is 2.39. The lowest BCUT2D eigenvalue weighted by Gasteiger charge is -2.12. The molecule has 20 heavy (non-hydrogen) atoms. The van der Waals surface area contributed by atoms with Gasteiger partial charge in [-0.05, 0) is 47.5 Å². The van der Waals surface area contributed by atoms with Crippen LogP contribution in [0.2, 0.25) is 0 Å². The topological polar surface area (TPSA) is 54.9 Å². The van der Waals surface area contributed by atoms with Gasteiger partial charge in [0.25, 0.3) is 0 Å². The Labute approximate surface area is 128 Å². The van der Waals surface area contributed by atoms with Crippen LogP contribution in [0.25, 0.3) is 0 Å². The Bertz CT molecular complexity index is 456. The fraction of sp³-hybridized carbons (Fsp3) is 0.500. The molecule has 0 aromatic heterocycles. The molecule has 1 rings (SSSR count). The molecule has 0 heterocycles. The second-order valence-electron chi connectivity index (χ2n) is 4.04. The van der Waals surface area contributed by atoms with Gasteiger partial charge in [0.1, 0.15) is 0 Å². The number of nitrogens with zero attached hydrogens (tertiary/aromatic N) is 1. The molecule has 0 aliphatic heterocycles. The van der Waals surface area contributed by atoms with E-state index in [9.17, 15) is 0 Å². The Kier molecular flexibility index (Phi) is 7.22. The van der Waals surface area contributed by atoms with Crippen molar-refractivity contribution in [3.8, 4) is 11.5 Å². The zero-order valence-electron chi connectivity index (χ0n) is 12.4. The molecule has 0 aliphatic rings. The molecular formula is C14H22BrN3O2. The van der Waals surface area contributed by atoms with E-state index in [1.165, 1.54) is 0 Å². The summed E-state index contributed by atoms with van der Waals surface area (Å²) >= 11 is 3.48. The minimum atomic E-state index is 0.564. The third-order valence-electron chi connectivity index (χ3n) is 2.60. The Morgan fingerprint density at radius 1 is 1.15 bits per heavy atom. The summed E-state index contributed by atoms with van der Waals surface area (Å²) in [6.45, 7) is 6.32. The van der Waals surface area contributed by atoms with Crippen molar-refractivity contribution in [3.63, 3.8) is 0 Å². The lowest BCUT2D eigenvalue weighted by atomic mass is 10.2. The minimum Gasteiger partial charge on any atom is -0.493 e. The number of methoxy groups -OCH3 is 2. The third-order valence-corrected chi connectivity index (χ3v) is 3.19. The fourth-order valence-electron chi connectivity index (χ4n) is 1.74. The molecule has 6 heteroatoms. The Morgan fingerprint density at radius 2 is 1.80 bits per heavy atom. The van der Waals surface area contributed by atoms with Gasteiger partial charge < -0.3 is 20.1 Å². The van der Waals surface area contributed by atoms with E-state index < -0.39 is 0 Å². The molecule has 0 amide bonds. The molecule has 0 bridgehead atoms. The minimum absolute atomic E-state index is 0.564. The van der Waals surface area contributed by atoms with Gasteiger partial charge in [-0.25, -0.2) is 4.99 Å². The molecule has 0 unspecified atom stereocenters. The molecule has 0 atom stereocenters. The first-order valence-corrected chi connectivity index (χ1v) is 7.38. The van der Waals surface area contributed by atoms with Gasteiger partial charge in [0, 0.05) is 13.1 Å². The highest BCUT2D eigenvalue weighted by molar-refractivity contribution is 9.10. The van der Waals surface area contributed by atoms with Gasteiger partial charge in [0.2, 0.25) is 0 Å². The molecule has 5 nitrogen and oxygen atoms in total. The number of ether oxygens (including phenoxy) is 2. The van der Waals surface area contributed by atoms with Gasteiger partial charge in [0.05, 0.1) is 25.2 Å². The van der Waals surface area contributed by atoms with E-state index >= 15 is 0 Å². The summed E-state index contributed by atoms with van der Waals surface area (Å²) < 4.78 is 11.5. The van der Waals surface area contributed by atoms with Gasteiger partial charge in [-0.1, -0.05) is 0 Å². The van der Waals surface area contributed by atoms with Gasteiger partial charge in [-0.15, -0.1) is 0 Å². The first-order chi connectivity index (χ1) is 9.65. The summed E-state index contributed by atoms with van der Waals surface area (Å²) in [7, 11) is 3.24. The number of nitrogens with one attached hydrogen (secondary N) is 2. The van der Waals surface area contributed by atoms with E-state index in [-0.39, 0.29) is 0 Å². The lowest BCUT2D eigenvalue weighted by molar-refractivity contribution is 0.352. The second-order valence-corrected chi connectivity index (χ2v) is 4.89. The van der Waals surface area contributed by atoms with Crippen molar-refractivity contribution >= 4 is 21.9 Å². The third kappa shape index (κ3) is 4.59. The van der Waals surface area contributed by atoms with Crippen LogP contribution in [-0.4, -0.2) is 33.3 Å². The molecule has 0 fully saturated rings. The summed E-state index contributed by atoms with van der Waals surface area (Å²) in [5.74, 6) is 2.19. The molecule has 0 saturated heterocycles. The van der Waals surface area contributed by atoms with Crippen LogP contribution in [0.4, 0.5) is 0 Å². The van der Waals surface area contributed by atoms with Crippen LogP contribution < -0.4 is 20.1 Å². The largest absolute Gasteiger partial charge is 0.493 e. The van der Waals surface area contributed by atoms with Crippen molar-refractivity contribution in [2.75, 3.05) is 27.3 Å². The average molecular weight is 344 g/mol. The van der Waals surface area contributed by atoms with Gasteiger partial charge in [-0.3, -0.25) is 0 Å². The molecule has 1 aromatic carbocycles.